The maximum absolute atomic E-state index is 11.8. The first-order valence-electron chi connectivity index (χ1n) is 5.20. The number of thioether (sulfide) groups is 1. The Kier molecular flexibility index (Phi) is 3.62. The molecule has 0 aromatic carbocycles. The molecule has 0 radical (unpaired) electrons. The molecule has 1 aromatic rings. The third-order valence-electron chi connectivity index (χ3n) is 2.47. The van der Waals surface area contributed by atoms with E-state index in [9.17, 15) is 14.9 Å². The summed E-state index contributed by atoms with van der Waals surface area (Å²) in [6.07, 6.45) is 1.45. The molecule has 1 aliphatic rings. The van der Waals surface area contributed by atoms with E-state index in [4.69, 9.17) is 0 Å². The predicted molar refractivity (Wildman–Crippen MR) is 62.8 cm³/mol. The van der Waals surface area contributed by atoms with Crippen LogP contribution in [0.25, 0.3) is 0 Å². The molecule has 1 amide bonds. The minimum absolute atomic E-state index is 0.0386. The van der Waals surface area contributed by atoms with Crippen LogP contribution in [0.2, 0.25) is 0 Å². The zero-order valence-corrected chi connectivity index (χ0v) is 9.93. The Morgan fingerprint density at radius 3 is 2.82 bits per heavy atom. The first-order chi connectivity index (χ1) is 8.16. The summed E-state index contributed by atoms with van der Waals surface area (Å²) in [7, 11) is 0. The smallest absolute Gasteiger partial charge is 0.358 e. The number of hydrogen-bond acceptors (Lipinski definition) is 5. The minimum atomic E-state index is -0.571. The van der Waals surface area contributed by atoms with Crippen molar-refractivity contribution in [2.24, 2.45) is 0 Å². The van der Waals surface area contributed by atoms with E-state index in [0.717, 1.165) is 24.6 Å². The van der Waals surface area contributed by atoms with Crippen LogP contribution in [0, 0.1) is 10.1 Å². The summed E-state index contributed by atoms with van der Waals surface area (Å²) in [5, 5.41) is 14.1. The fourth-order valence-corrected chi connectivity index (χ4v) is 2.49. The highest BCUT2D eigenvalue weighted by Crippen LogP contribution is 2.10. The van der Waals surface area contributed by atoms with Crippen molar-refractivity contribution < 1.29 is 9.72 Å². The Morgan fingerprint density at radius 1 is 1.53 bits per heavy atom. The highest BCUT2D eigenvalue weighted by Gasteiger charge is 2.19. The van der Waals surface area contributed by atoms with Gasteiger partial charge in [-0.15, -0.1) is 0 Å². The number of amides is 1. The second-order valence-corrected chi connectivity index (χ2v) is 4.85. The van der Waals surface area contributed by atoms with Gasteiger partial charge in [-0.25, -0.2) is 0 Å². The topological polar surface area (TPSA) is 81.3 Å². The van der Waals surface area contributed by atoms with Crippen LogP contribution >= 0.6 is 11.8 Å². The molecule has 0 spiro atoms. The molecule has 0 saturated carbocycles. The van der Waals surface area contributed by atoms with Crippen molar-refractivity contribution in [2.75, 3.05) is 24.6 Å². The lowest BCUT2D eigenvalue weighted by atomic mass is 10.4. The number of carbonyl (C=O) groups excluding carboxylic acids is 1. The molecule has 0 aliphatic carbocycles. The van der Waals surface area contributed by atoms with Crippen LogP contribution < -0.4 is 0 Å². The normalized spacial score (nSPS) is 15.9. The summed E-state index contributed by atoms with van der Waals surface area (Å²) in [6.45, 7) is 1.55. The van der Waals surface area contributed by atoms with Crippen LogP contribution in [0.15, 0.2) is 12.3 Å². The standard InChI is InChI=1S/C9H12N4O3S/c14-9(11-3-5-17-6-4-11)7-12-2-1-8(10-12)13(15)16/h1-2H,3-7H2. The van der Waals surface area contributed by atoms with Crippen molar-refractivity contribution in [3.05, 3.63) is 22.4 Å². The van der Waals surface area contributed by atoms with Crippen LogP contribution in [0.5, 0.6) is 0 Å². The van der Waals surface area contributed by atoms with Gasteiger partial charge >= 0.3 is 5.82 Å². The number of nitrogens with zero attached hydrogens (tertiary/aromatic N) is 4. The van der Waals surface area contributed by atoms with Gasteiger partial charge in [0.15, 0.2) is 0 Å². The Labute approximate surface area is 102 Å². The first kappa shape index (κ1) is 11.9. The van der Waals surface area contributed by atoms with Crippen LogP contribution in [0.4, 0.5) is 5.82 Å². The van der Waals surface area contributed by atoms with Gasteiger partial charge in [0, 0.05) is 24.6 Å². The van der Waals surface area contributed by atoms with E-state index in [1.165, 1.54) is 16.9 Å². The number of nitro groups is 1. The second-order valence-electron chi connectivity index (χ2n) is 3.62. The average Bonchev–Trinajstić information content (AvgIpc) is 2.79. The Morgan fingerprint density at radius 2 is 2.24 bits per heavy atom. The van der Waals surface area contributed by atoms with Crippen molar-refractivity contribution in [1.82, 2.24) is 14.7 Å². The van der Waals surface area contributed by atoms with Gasteiger partial charge in [0.1, 0.15) is 6.54 Å². The number of hydrogen-bond donors (Lipinski definition) is 0. The maximum Gasteiger partial charge on any atom is 0.389 e. The van der Waals surface area contributed by atoms with Crippen molar-refractivity contribution in [2.45, 2.75) is 6.54 Å². The molecule has 0 atom stereocenters. The van der Waals surface area contributed by atoms with E-state index in [2.05, 4.69) is 5.10 Å². The summed E-state index contributed by atoms with van der Waals surface area (Å²) in [5.74, 6) is 1.63. The van der Waals surface area contributed by atoms with Gasteiger partial charge < -0.3 is 15.0 Å². The Hall–Kier alpha value is -1.57. The molecule has 1 saturated heterocycles. The zero-order chi connectivity index (χ0) is 12.3. The largest absolute Gasteiger partial charge is 0.389 e. The SMILES string of the molecule is O=C(Cn1ccc([N+](=O)[O-])n1)N1CCSCC1. The molecular formula is C9H12N4O3S. The first-order valence-corrected chi connectivity index (χ1v) is 6.35. The van der Waals surface area contributed by atoms with Crippen LogP contribution in [0.1, 0.15) is 0 Å². The van der Waals surface area contributed by atoms with Crippen LogP contribution in [-0.4, -0.2) is 50.1 Å². The summed E-state index contributed by atoms with van der Waals surface area (Å²) in [4.78, 5) is 23.5. The lowest BCUT2D eigenvalue weighted by Crippen LogP contribution is -2.39. The minimum Gasteiger partial charge on any atom is -0.358 e. The maximum atomic E-state index is 11.8. The molecule has 8 heteroatoms. The third kappa shape index (κ3) is 2.96. The van der Waals surface area contributed by atoms with Crippen LogP contribution in [-0.2, 0) is 11.3 Å². The Balaban J connectivity index is 1.94. The molecule has 1 fully saturated rings. The molecule has 0 unspecified atom stereocenters. The molecular weight excluding hydrogens is 244 g/mol. The fraction of sp³-hybridized carbons (Fsp3) is 0.556. The summed E-state index contributed by atoms with van der Waals surface area (Å²) < 4.78 is 1.31. The van der Waals surface area contributed by atoms with Gasteiger partial charge in [-0.1, -0.05) is 0 Å². The van der Waals surface area contributed by atoms with Crippen molar-refractivity contribution in [3.8, 4) is 0 Å². The van der Waals surface area contributed by atoms with Gasteiger partial charge in [0.25, 0.3) is 0 Å². The zero-order valence-electron chi connectivity index (χ0n) is 9.11. The molecule has 2 heterocycles. The fourth-order valence-electron chi connectivity index (χ4n) is 1.59. The second kappa shape index (κ2) is 5.17. The predicted octanol–water partition coefficient (Wildman–Crippen LogP) is 0.367. The molecule has 92 valence electrons. The number of rotatable bonds is 3. The van der Waals surface area contributed by atoms with E-state index >= 15 is 0 Å². The van der Waals surface area contributed by atoms with Gasteiger partial charge in [0.05, 0.1) is 17.4 Å². The molecule has 17 heavy (non-hydrogen) atoms. The van der Waals surface area contributed by atoms with E-state index in [-0.39, 0.29) is 18.3 Å². The summed E-state index contributed by atoms with van der Waals surface area (Å²) in [5.41, 5.74) is 0. The molecule has 1 aromatic heterocycles. The molecule has 7 nitrogen and oxygen atoms in total. The van der Waals surface area contributed by atoms with Gasteiger partial charge in [-0.3, -0.25) is 4.79 Å². The highest BCUT2D eigenvalue weighted by atomic mass is 32.2. The van der Waals surface area contributed by atoms with Crippen molar-refractivity contribution >= 4 is 23.5 Å². The van der Waals surface area contributed by atoms with Crippen LogP contribution in [0.3, 0.4) is 0 Å². The molecule has 0 bridgehead atoms. The lowest BCUT2D eigenvalue weighted by Gasteiger charge is -2.25. The van der Waals surface area contributed by atoms with Crippen molar-refractivity contribution in [3.63, 3.8) is 0 Å². The van der Waals surface area contributed by atoms with E-state index in [1.54, 1.807) is 4.90 Å². The molecule has 1 aliphatic heterocycles. The van der Waals surface area contributed by atoms with E-state index < -0.39 is 4.92 Å². The molecule has 2 rings (SSSR count). The number of carbonyl (C=O) groups is 1. The molecule has 0 N–H and O–H groups in total. The van der Waals surface area contributed by atoms with Gasteiger partial charge in [-0.05, 0) is 4.92 Å². The summed E-state index contributed by atoms with van der Waals surface area (Å²) >= 11 is 1.82. The van der Waals surface area contributed by atoms with Gasteiger partial charge in [-0.2, -0.15) is 16.4 Å². The van der Waals surface area contributed by atoms with E-state index in [0.29, 0.717) is 0 Å². The van der Waals surface area contributed by atoms with Crippen molar-refractivity contribution in [1.29, 1.82) is 0 Å². The van der Waals surface area contributed by atoms with E-state index in [1.807, 2.05) is 11.8 Å². The summed E-state index contributed by atoms with van der Waals surface area (Å²) in [6, 6.07) is 1.29. The lowest BCUT2D eigenvalue weighted by molar-refractivity contribution is -0.389. The average molecular weight is 256 g/mol. The quantitative estimate of drug-likeness (QED) is 0.576. The Bertz CT molecular complexity index is 428. The highest BCUT2D eigenvalue weighted by molar-refractivity contribution is 7.99. The third-order valence-corrected chi connectivity index (χ3v) is 3.42. The van der Waals surface area contributed by atoms with Gasteiger partial charge in [0.2, 0.25) is 5.91 Å². The number of aromatic nitrogens is 2. The monoisotopic (exact) mass is 256 g/mol.